The quantitative estimate of drug-likeness (QED) is 0.131. The molecule has 0 bridgehead atoms. The van der Waals surface area contributed by atoms with Crippen molar-refractivity contribution in [3.63, 3.8) is 0 Å². The topological polar surface area (TPSA) is 112 Å². The van der Waals surface area contributed by atoms with E-state index in [0.29, 0.717) is 0 Å². The number of ether oxygens (including phenoxy) is 4. The highest BCUT2D eigenvalue weighted by Gasteiger charge is 2.35. The van der Waals surface area contributed by atoms with Crippen molar-refractivity contribution in [3.05, 3.63) is 24.3 Å². The first-order valence-corrected chi connectivity index (χ1v) is 16.8. The van der Waals surface area contributed by atoms with Crippen LogP contribution in [0.1, 0.15) is 105 Å². The molecule has 41 heavy (non-hydrogen) atoms. The highest BCUT2D eigenvalue weighted by Crippen LogP contribution is 2.47. The molecule has 0 amide bonds. The lowest BCUT2D eigenvalue weighted by Crippen LogP contribution is -2.14. The fraction of sp³-hybridized carbons (Fsp3) is 0.625. The van der Waals surface area contributed by atoms with Crippen LogP contribution in [0.2, 0.25) is 0 Å². The Labute approximate surface area is 246 Å². The molecule has 0 atom stereocenters. The molecule has 0 aliphatic carbocycles. The van der Waals surface area contributed by atoms with Gasteiger partial charge in [-0.15, -0.1) is 0 Å². The Morgan fingerprint density at radius 3 is 0.951 bits per heavy atom. The summed E-state index contributed by atoms with van der Waals surface area (Å²) in [5.74, 6) is -0.278. The van der Waals surface area contributed by atoms with Crippen molar-refractivity contribution in [2.75, 3.05) is 26.4 Å². The summed E-state index contributed by atoms with van der Waals surface area (Å²) >= 11 is 0. The third-order valence-corrected chi connectivity index (χ3v) is 8.45. The third-order valence-electron chi connectivity index (χ3n) is 6.57. The minimum Gasteiger partial charge on any atom is -0.508 e. The van der Waals surface area contributed by atoms with Gasteiger partial charge in [0.05, 0.1) is 26.4 Å². The second kappa shape index (κ2) is 18.6. The molecule has 0 aliphatic heterocycles. The van der Waals surface area contributed by atoms with Gasteiger partial charge in [-0.3, -0.25) is 0 Å². The molecular weight excluding hydrogens is 544 g/mol. The Bertz CT molecular complexity index is 997. The fourth-order valence-corrected chi connectivity index (χ4v) is 6.06. The molecule has 0 fully saturated rings. The summed E-state index contributed by atoms with van der Waals surface area (Å²) in [7, 11) is -4.39. The molecule has 0 radical (unpaired) electrons. The van der Waals surface area contributed by atoms with Gasteiger partial charge in [0, 0.05) is 24.3 Å². The van der Waals surface area contributed by atoms with E-state index in [1.165, 1.54) is 24.3 Å². The first-order chi connectivity index (χ1) is 19.8. The highest BCUT2D eigenvalue weighted by molar-refractivity contribution is 7.92. The lowest BCUT2D eigenvalue weighted by molar-refractivity contribution is 0.271. The van der Waals surface area contributed by atoms with Crippen molar-refractivity contribution in [2.45, 2.75) is 115 Å². The standard InChI is InChI=1S/C32H50O8S/c1-5-9-13-17-37-27-21-25(33)22-28(38-18-14-10-6-2)31(27)41(35,36)32-29(39-19-15-11-7-3)23-26(34)24-30(32)40-20-16-12-8-4/h21-24,33-34H,5-20H2,1-4H3. The molecule has 0 heterocycles. The predicted octanol–water partition coefficient (Wildman–Crippen LogP) is 8.21. The molecule has 232 valence electrons. The lowest BCUT2D eigenvalue weighted by atomic mass is 10.2. The largest absolute Gasteiger partial charge is 0.508 e. The molecule has 2 aromatic rings. The van der Waals surface area contributed by atoms with E-state index in [-0.39, 0.29) is 70.7 Å². The van der Waals surface area contributed by atoms with Gasteiger partial charge in [-0.05, 0) is 25.7 Å². The summed E-state index contributed by atoms with van der Waals surface area (Å²) in [6, 6.07) is 5.23. The zero-order valence-corrected chi connectivity index (χ0v) is 26.2. The SMILES string of the molecule is CCCCCOc1cc(O)cc(OCCCCC)c1S(=O)(=O)c1c(OCCCCC)cc(O)cc1OCCCCC. The van der Waals surface area contributed by atoms with Crippen molar-refractivity contribution in [3.8, 4) is 34.5 Å². The molecule has 2 aromatic carbocycles. The maximum absolute atomic E-state index is 14.6. The zero-order chi connectivity index (χ0) is 30.1. The number of sulfone groups is 1. The Kier molecular flexibility index (Phi) is 15.6. The second-order valence-corrected chi connectivity index (χ2v) is 12.1. The predicted molar refractivity (Wildman–Crippen MR) is 162 cm³/mol. The van der Waals surface area contributed by atoms with Gasteiger partial charge in [-0.1, -0.05) is 79.1 Å². The summed E-state index contributed by atoms with van der Waals surface area (Å²) in [4.78, 5) is -0.378. The molecule has 0 spiro atoms. The molecule has 0 unspecified atom stereocenters. The van der Waals surface area contributed by atoms with Crippen LogP contribution in [0.25, 0.3) is 0 Å². The molecule has 0 aliphatic rings. The van der Waals surface area contributed by atoms with Gasteiger partial charge in [-0.25, -0.2) is 8.42 Å². The van der Waals surface area contributed by atoms with Crippen LogP contribution in [0.3, 0.4) is 0 Å². The van der Waals surface area contributed by atoms with Crippen LogP contribution in [0, 0.1) is 0 Å². The Morgan fingerprint density at radius 2 is 0.732 bits per heavy atom. The molecule has 2 N–H and O–H groups in total. The second-order valence-electron chi connectivity index (χ2n) is 10.3. The van der Waals surface area contributed by atoms with Gasteiger partial charge < -0.3 is 29.2 Å². The first kappa shape index (κ1) is 34.4. The van der Waals surface area contributed by atoms with Crippen molar-refractivity contribution >= 4 is 9.84 Å². The van der Waals surface area contributed by atoms with E-state index in [9.17, 15) is 18.6 Å². The smallest absolute Gasteiger partial charge is 0.221 e. The Morgan fingerprint density at radius 1 is 0.488 bits per heavy atom. The monoisotopic (exact) mass is 594 g/mol. The van der Waals surface area contributed by atoms with Crippen LogP contribution >= 0.6 is 0 Å². The maximum atomic E-state index is 14.6. The number of hydrogen-bond donors (Lipinski definition) is 2. The maximum Gasteiger partial charge on any atom is 0.221 e. The van der Waals surface area contributed by atoms with Gasteiger partial charge in [0.25, 0.3) is 0 Å². The molecule has 9 heteroatoms. The fourth-order valence-electron chi connectivity index (χ4n) is 4.32. The number of hydrogen-bond acceptors (Lipinski definition) is 8. The van der Waals surface area contributed by atoms with Gasteiger partial charge >= 0.3 is 0 Å². The Hall–Kier alpha value is -2.81. The number of phenolic OH excluding ortho intramolecular Hbond substituents is 2. The van der Waals surface area contributed by atoms with E-state index < -0.39 is 9.84 Å². The van der Waals surface area contributed by atoms with Crippen LogP contribution in [-0.2, 0) is 9.84 Å². The van der Waals surface area contributed by atoms with E-state index in [0.717, 1.165) is 77.0 Å². The number of aromatic hydroxyl groups is 2. The lowest BCUT2D eigenvalue weighted by Gasteiger charge is -2.21. The first-order valence-electron chi connectivity index (χ1n) is 15.3. The van der Waals surface area contributed by atoms with E-state index in [4.69, 9.17) is 18.9 Å². The summed E-state index contributed by atoms with van der Waals surface area (Å²) in [6.07, 6.45) is 10.5. The molecule has 2 rings (SSSR count). The van der Waals surface area contributed by atoms with Crippen LogP contribution in [0.15, 0.2) is 34.1 Å². The average Bonchev–Trinajstić information content (AvgIpc) is 2.93. The van der Waals surface area contributed by atoms with Crippen molar-refractivity contribution < 1.29 is 37.6 Å². The van der Waals surface area contributed by atoms with Crippen molar-refractivity contribution in [1.29, 1.82) is 0 Å². The van der Waals surface area contributed by atoms with Gasteiger partial charge in [0.15, 0.2) is 9.79 Å². The van der Waals surface area contributed by atoms with Crippen LogP contribution in [0.5, 0.6) is 34.5 Å². The third kappa shape index (κ3) is 10.8. The Balaban J connectivity index is 2.69. The van der Waals surface area contributed by atoms with Gasteiger partial charge in [0.2, 0.25) is 9.84 Å². The van der Waals surface area contributed by atoms with Crippen LogP contribution in [-0.4, -0.2) is 45.1 Å². The molecule has 0 aromatic heterocycles. The summed E-state index contributed by atoms with van der Waals surface area (Å²) in [6.45, 7) is 9.42. The summed E-state index contributed by atoms with van der Waals surface area (Å²) in [5, 5.41) is 21.0. The average molecular weight is 595 g/mol. The number of unbranched alkanes of at least 4 members (excludes halogenated alkanes) is 8. The van der Waals surface area contributed by atoms with Gasteiger partial charge in [0.1, 0.15) is 34.5 Å². The summed E-state index contributed by atoms with van der Waals surface area (Å²) in [5.41, 5.74) is 0. The van der Waals surface area contributed by atoms with Crippen LogP contribution < -0.4 is 18.9 Å². The molecule has 8 nitrogen and oxygen atoms in total. The highest BCUT2D eigenvalue weighted by atomic mass is 32.2. The normalized spacial score (nSPS) is 11.4. The van der Waals surface area contributed by atoms with E-state index in [1.54, 1.807) is 0 Å². The van der Waals surface area contributed by atoms with Crippen LogP contribution in [0.4, 0.5) is 0 Å². The minimum absolute atomic E-state index is 0.00790. The zero-order valence-electron chi connectivity index (χ0n) is 25.4. The van der Waals surface area contributed by atoms with E-state index in [2.05, 4.69) is 27.7 Å². The van der Waals surface area contributed by atoms with Gasteiger partial charge in [-0.2, -0.15) is 0 Å². The minimum atomic E-state index is -4.39. The number of phenols is 2. The number of benzene rings is 2. The van der Waals surface area contributed by atoms with Crippen molar-refractivity contribution in [1.82, 2.24) is 0 Å². The molecule has 0 saturated heterocycles. The van der Waals surface area contributed by atoms with E-state index >= 15 is 0 Å². The summed E-state index contributed by atoms with van der Waals surface area (Å²) < 4.78 is 53.1. The van der Waals surface area contributed by atoms with Crippen molar-refractivity contribution in [2.24, 2.45) is 0 Å². The molecular formula is C32H50O8S. The van der Waals surface area contributed by atoms with E-state index in [1.807, 2.05) is 0 Å². The number of rotatable bonds is 22. The molecule has 0 saturated carbocycles.